The van der Waals surface area contributed by atoms with Crippen molar-refractivity contribution in [3.05, 3.63) is 59.7 Å². The Balaban J connectivity index is 0.00000180. The van der Waals surface area contributed by atoms with Crippen molar-refractivity contribution in [2.45, 2.75) is 0 Å². The minimum atomic E-state index is -1.25. The van der Waals surface area contributed by atoms with E-state index in [4.69, 9.17) is 5.11 Å². The first kappa shape index (κ1) is 18.0. The molecule has 4 nitrogen and oxygen atoms in total. The van der Waals surface area contributed by atoms with Crippen LogP contribution in [0.25, 0.3) is 11.1 Å². The summed E-state index contributed by atoms with van der Waals surface area (Å²) < 4.78 is 0. The number of aromatic carboxylic acids is 2. The molecule has 2 N–H and O–H groups in total. The van der Waals surface area contributed by atoms with E-state index in [0.717, 1.165) is 0 Å². The van der Waals surface area contributed by atoms with Gasteiger partial charge in [-0.25, -0.2) is 9.59 Å². The van der Waals surface area contributed by atoms with Crippen molar-refractivity contribution in [2.75, 3.05) is 0 Å². The number of benzene rings is 2. The fraction of sp³-hybridized carbons (Fsp3) is 0. The first-order valence-electron chi connectivity index (χ1n) is 5.26. The third-order valence-corrected chi connectivity index (χ3v) is 2.59. The Morgan fingerprint density at radius 3 is 1.85 bits per heavy atom. The summed E-state index contributed by atoms with van der Waals surface area (Å²) in [4.78, 5) is 22.3. The van der Waals surface area contributed by atoms with Crippen LogP contribution in [0.3, 0.4) is 0 Å². The van der Waals surface area contributed by atoms with E-state index in [9.17, 15) is 14.7 Å². The smallest absolute Gasteiger partial charge is 0.337 e. The molecule has 0 unspecified atom stereocenters. The van der Waals surface area contributed by atoms with Crippen LogP contribution in [0, 0.1) is 0 Å². The SMILES string of the molecule is Cl.Cl.O=C(O)c1cccc(-c2ccccc2)c1C(=O)O. The number of carboxylic acids is 2. The summed E-state index contributed by atoms with van der Waals surface area (Å²) in [5, 5.41) is 18.2. The first-order valence-corrected chi connectivity index (χ1v) is 5.26. The number of carboxylic acid groups (broad SMARTS) is 2. The summed E-state index contributed by atoms with van der Waals surface area (Å²) >= 11 is 0. The van der Waals surface area contributed by atoms with Gasteiger partial charge in [-0.2, -0.15) is 0 Å². The van der Waals surface area contributed by atoms with Gasteiger partial charge in [-0.05, 0) is 17.2 Å². The van der Waals surface area contributed by atoms with Gasteiger partial charge in [0.15, 0.2) is 0 Å². The van der Waals surface area contributed by atoms with Crippen LogP contribution in [0.4, 0.5) is 0 Å². The van der Waals surface area contributed by atoms with Crippen LogP contribution in [0.2, 0.25) is 0 Å². The van der Waals surface area contributed by atoms with Crippen molar-refractivity contribution in [1.29, 1.82) is 0 Å². The molecule has 0 bridgehead atoms. The second kappa shape index (κ2) is 7.53. The average molecular weight is 315 g/mol. The van der Waals surface area contributed by atoms with E-state index in [1.54, 1.807) is 30.3 Å². The largest absolute Gasteiger partial charge is 0.478 e. The summed E-state index contributed by atoms with van der Waals surface area (Å²) in [5.74, 6) is -2.49. The molecule has 0 aliphatic heterocycles. The molecular formula is C14H12Cl2O4. The predicted octanol–water partition coefficient (Wildman–Crippen LogP) is 3.59. The van der Waals surface area contributed by atoms with Gasteiger partial charge in [0.05, 0.1) is 11.1 Å². The molecule has 0 amide bonds. The zero-order valence-electron chi connectivity index (χ0n) is 10.1. The fourth-order valence-electron chi connectivity index (χ4n) is 1.82. The highest BCUT2D eigenvalue weighted by Gasteiger charge is 2.20. The summed E-state index contributed by atoms with van der Waals surface area (Å²) in [7, 11) is 0. The second-order valence-corrected chi connectivity index (χ2v) is 3.70. The summed E-state index contributed by atoms with van der Waals surface area (Å²) in [6.07, 6.45) is 0. The van der Waals surface area contributed by atoms with Crippen molar-refractivity contribution in [2.24, 2.45) is 0 Å². The average Bonchev–Trinajstić information content (AvgIpc) is 2.38. The van der Waals surface area contributed by atoms with Crippen molar-refractivity contribution in [3.8, 4) is 11.1 Å². The van der Waals surface area contributed by atoms with Crippen LogP contribution in [-0.2, 0) is 0 Å². The quantitative estimate of drug-likeness (QED) is 0.907. The zero-order chi connectivity index (χ0) is 13.1. The number of halogens is 2. The highest BCUT2D eigenvalue weighted by molar-refractivity contribution is 6.06. The number of hydrogen-bond acceptors (Lipinski definition) is 2. The highest BCUT2D eigenvalue weighted by Crippen LogP contribution is 2.26. The third kappa shape index (κ3) is 3.50. The Morgan fingerprint density at radius 1 is 0.750 bits per heavy atom. The molecule has 0 aliphatic rings. The lowest BCUT2D eigenvalue weighted by Crippen LogP contribution is -2.09. The molecule has 106 valence electrons. The Labute approximate surface area is 127 Å². The molecule has 0 spiro atoms. The Hall–Kier alpha value is -2.04. The maximum Gasteiger partial charge on any atom is 0.337 e. The van der Waals surface area contributed by atoms with Gasteiger partial charge in [0, 0.05) is 0 Å². The molecule has 2 rings (SSSR count). The van der Waals surface area contributed by atoms with Crippen LogP contribution in [0.5, 0.6) is 0 Å². The minimum absolute atomic E-state index is 0. The summed E-state index contributed by atoms with van der Waals surface area (Å²) in [6.45, 7) is 0. The molecule has 0 atom stereocenters. The second-order valence-electron chi connectivity index (χ2n) is 3.70. The molecule has 2 aromatic rings. The van der Waals surface area contributed by atoms with E-state index in [1.807, 2.05) is 6.07 Å². The van der Waals surface area contributed by atoms with E-state index in [-0.39, 0.29) is 35.9 Å². The molecule has 0 saturated heterocycles. The van der Waals surface area contributed by atoms with Crippen LogP contribution >= 0.6 is 24.8 Å². The predicted molar refractivity (Wildman–Crippen MR) is 80.3 cm³/mol. The van der Waals surface area contributed by atoms with E-state index < -0.39 is 11.9 Å². The van der Waals surface area contributed by atoms with E-state index in [0.29, 0.717) is 11.1 Å². The molecule has 0 aromatic heterocycles. The molecular weight excluding hydrogens is 303 g/mol. The van der Waals surface area contributed by atoms with Gasteiger partial charge < -0.3 is 10.2 Å². The summed E-state index contributed by atoms with van der Waals surface area (Å²) in [6, 6.07) is 13.3. The maximum absolute atomic E-state index is 11.3. The van der Waals surface area contributed by atoms with Gasteiger partial charge in [0.2, 0.25) is 0 Å². The highest BCUT2D eigenvalue weighted by atomic mass is 35.5. The van der Waals surface area contributed by atoms with Crippen LogP contribution in [0.1, 0.15) is 20.7 Å². The monoisotopic (exact) mass is 314 g/mol. The maximum atomic E-state index is 11.3. The van der Waals surface area contributed by atoms with Gasteiger partial charge in [0.1, 0.15) is 0 Å². The Kier molecular flexibility index (Phi) is 6.76. The van der Waals surface area contributed by atoms with Gasteiger partial charge in [-0.15, -0.1) is 24.8 Å². The van der Waals surface area contributed by atoms with Crippen LogP contribution in [0.15, 0.2) is 48.5 Å². The number of rotatable bonds is 3. The molecule has 6 heteroatoms. The van der Waals surface area contributed by atoms with E-state index in [1.165, 1.54) is 12.1 Å². The molecule has 20 heavy (non-hydrogen) atoms. The van der Waals surface area contributed by atoms with Gasteiger partial charge in [-0.1, -0.05) is 42.5 Å². The van der Waals surface area contributed by atoms with Crippen molar-refractivity contribution in [3.63, 3.8) is 0 Å². The zero-order valence-corrected chi connectivity index (χ0v) is 11.8. The van der Waals surface area contributed by atoms with E-state index >= 15 is 0 Å². The van der Waals surface area contributed by atoms with Gasteiger partial charge >= 0.3 is 11.9 Å². The van der Waals surface area contributed by atoms with Crippen molar-refractivity contribution in [1.82, 2.24) is 0 Å². The van der Waals surface area contributed by atoms with Gasteiger partial charge in [0.25, 0.3) is 0 Å². The topological polar surface area (TPSA) is 74.6 Å². The molecule has 0 aliphatic carbocycles. The summed E-state index contributed by atoms with van der Waals surface area (Å²) in [5.41, 5.74) is 0.695. The standard InChI is InChI=1S/C14H10O4.2ClH/c15-13(16)11-8-4-7-10(12(11)14(17)18)9-5-2-1-3-6-9;;/h1-8H,(H,15,16)(H,17,18);2*1H. The fourth-order valence-corrected chi connectivity index (χ4v) is 1.82. The number of carbonyl (C=O) groups is 2. The van der Waals surface area contributed by atoms with E-state index in [2.05, 4.69) is 0 Å². The molecule has 0 saturated carbocycles. The minimum Gasteiger partial charge on any atom is -0.478 e. The lowest BCUT2D eigenvalue weighted by Gasteiger charge is -2.08. The molecule has 0 fully saturated rings. The molecule has 2 aromatic carbocycles. The first-order chi connectivity index (χ1) is 8.61. The lowest BCUT2D eigenvalue weighted by atomic mass is 9.95. The number of hydrogen-bond donors (Lipinski definition) is 2. The molecule has 0 heterocycles. The Bertz CT molecular complexity index is 612. The normalized spacial score (nSPS) is 9.00. The van der Waals surface area contributed by atoms with Crippen LogP contribution < -0.4 is 0 Å². The van der Waals surface area contributed by atoms with Crippen LogP contribution in [-0.4, -0.2) is 22.2 Å². The van der Waals surface area contributed by atoms with Crippen molar-refractivity contribution < 1.29 is 19.8 Å². The Morgan fingerprint density at radius 2 is 1.35 bits per heavy atom. The third-order valence-electron chi connectivity index (χ3n) is 2.59. The molecule has 0 radical (unpaired) electrons. The van der Waals surface area contributed by atoms with Gasteiger partial charge in [-0.3, -0.25) is 0 Å². The van der Waals surface area contributed by atoms with Crippen molar-refractivity contribution >= 4 is 36.8 Å². The lowest BCUT2D eigenvalue weighted by molar-refractivity contribution is 0.0652.